The Bertz CT molecular complexity index is 483. The molecule has 0 saturated heterocycles. The summed E-state index contributed by atoms with van der Waals surface area (Å²) in [5, 5.41) is 2.79. The van der Waals surface area contributed by atoms with Gasteiger partial charge in [0.25, 0.3) is 0 Å². The van der Waals surface area contributed by atoms with Gasteiger partial charge in [-0.15, -0.1) is 11.3 Å². The highest BCUT2D eigenvalue weighted by molar-refractivity contribution is 9.10. The molecule has 1 aromatic carbocycles. The van der Waals surface area contributed by atoms with Crippen molar-refractivity contribution in [3.63, 3.8) is 0 Å². The van der Waals surface area contributed by atoms with Crippen molar-refractivity contribution in [2.45, 2.75) is 12.5 Å². The number of nitrogens with two attached hydrogens (primary N) is 1. The second-order valence-electron chi connectivity index (χ2n) is 3.52. The van der Waals surface area contributed by atoms with Crippen molar-refractivity contribution >= 4 is 38.9 Å². The highest BCUT2D eigenvalue weighted by Crippen LogP contribution is 2.29. The van der Waals surface area contributed by atoms with Crippen LogP contribution in [0.1, 0.15) is 16.5 Å². The Balaban J connectivity index is 2.18. The van der Waals surface area contributed by atoms with Gasteiger partial charge in [-0.25, -0.2) is 0 Å². The zero-order valence-corrected chi connectivity index (χ0v) is 11.6. The molecular weight excluding hydrogens is 306 g/mol. The molecule has 4 heteroatoms. The number of benzene rings is 1. The van der Waals surface area contributed by atoms with Crippen LogP contribution in [0.4, 0.5) is 0 Å². The molecule has 0 bridgehead atoms. The first-order valence-corrected chi connectivity index (χ1v) is 6.95. The molecule has 2 rings (SSSR count). The molecule has 2 N–H and O–H groups in total. The first-order valence-electron chi connectivity index (χ1n) is 4.90. The van der Waals surface area contributed by atoms with Crippen molar-refractivity contribution in [2.24, 2.45) is 5.73 Å². The first-order chi connectivity index (χ1) is 7.68. The van der Waals surface area contributed by atoms with E-state index in [1.54, 1.807) is 11.3 Å². The fraction of sp³-hybridized carbons (Fsp3) is 0.167. The Kier molecular flexibility index (Phi) is 4.03. The van der Waals surface area contributed by atoms with E-state index in [0.717, 1.165) is 21.5 Å². The Morgan fingerprint density at radius 2 is 2.06 bits per heavy atom. The molecule has 84 valence electrons. The molecule has 0 saturated carbocycles. The van der Waals surface area contributed by atoms with Crippen LogP contribution in [0, 0.1) is 0 Å². The summed E-state index contributed by atoms with van der Waals surface area (Å²) in [5.41, 5.74) is 7.16. The lowest BCUT2D eigenvalue weighted by Gasteiger charge is -2.12. The molecule has 0 spiro atoms. The second-order valence-corrected chi connectivity index (χ2v) is 5.79. The van der Waals surface area contributed by atoms with Crippen LogP contribution in [0.2, 0.25) is 5.02 Å². The molecule has 16 heavy (non-hydrogen) atoms. The molecule has 0 aliphatic rings. The number of halogens is 2. The maximum atomic E-state index is 6.16. The van der Waals surface area contributed by atoms with Crippen LogP contribution in [-0.4, -0.2) is 0 Å². The molecule has 1 unspecified atom stereocenters. The van der Waals surface area contributed by atoms with Gasteiger partial charge in [0.05, 0.1) is 0 Å². The van der Waals surface area contributed by atoms with Gasteiger partial charge < -0.3 is 5.73 Å². The van der Waals surface area contributed by atoms with E-state index in [-0.39, 0.29) is 6.04 Å². The van der Waals surface area contributed by atoms with Crippen LogP contribution in [0.5, 0.6) is 0 Å². The van der Waals surface area contributed by atoms with E-state index in [2.05, 4.69) is 21.3 Å². The number of hydrogen-bond acceptors (Lipinski definition) is 2. The van der Waals surface area contributed by atoms with Crippen LogP contribution in [0.3, 0.4) is 0 Å². The van der Waals surface area contributed by atoms with E-state index >= 15 is 0 Å². The van der Waals surface area contributed by atoms with Crippen molar-refractivity contribution in [1.29, 1.82) is 0 Å². The van der Waals surface area contributed by atoms with Gasteiger partial charge in [-0.1, -0.05) is 29.8 Å². The Labute approximate surface area is 112 Å². The van der Waals surface area contributed by atoms with E-state index in [0.29, 0.717) is 0 Å². The molecule has 2 aromatic rings. The summed E-state index contributed by atoms with van der Waals surface area (Å²) >= 11 is 11.3. The minimum Gasteiger partial charge on any atom is -0.324 e. The standard InChI is InChI=1S/C12H11BrClNS/c13-9-5-6-16-12(9)7-11(15)8-3-1-2-4-10(8)14/h1-6,11H,7,15H2. The monoisotopic (exact) mass is 315 g/mol. The van der Waals surface area contributed by atoms with Crippen molar-refractivity contribution in [3.8, 4) is 0 Å². The molecule has 1 nitrogen and oxygen atoms in total. The molecule has 1 aromatic heterocycles. The summed E-state index contributed by atoms with van der Waals surface area (Å²) in [6.07, 6.45) is 0.808. The number of rotatable bonds is 3. The van der Waals surface area contributed by atoms with Crippen LogP contribution in [0.15, 0.2) is 40.2 Å². The van der Waals surface area contributed by atoms with Gasteiger partial charge in [-0.3, -0.25) is 0 Å². The van der Waals surface area contributed by atoms with Gasteiger partial charge in [0.2, 0.25) is 0 Å². The van der Waals surface area contributed by atoms with E-state index in [1.165, 1.54) is 4.88 Å². The zero-order chi connectivity index (χ0) is 11.5. The maximum Gasteiger partial charge on any atom is 0.0453 e. The lowest BCUT2D eigenvalue weighted by molar-refractivity contribution is 0.729. The topological polar surface area (TPSA) is 26.0 Å². The van der Waals surface area contributed by atoms with Gasteiger partial charge in [-0.2, -0.15) is 0 Å². The minimum absolute atomic E-state index is 0.0522. The molecule has 1 heterocycles. The van der Waals surface area contributed by atoms with Crippen molar-refractivity contribution in [3.05, 3.63) is 55.6 Å². The van der Waals surface area contributed by atoms with Gasteiger partial charge >= 0.3 is 0 Å². The first kappa shape index (κ1) is 12.1. The average Bonchev–Trinajstić information content (AvgIpc) is 2.65. The summed E-state index contributed by atoms with van der Waals surface area (Å²) in [6, 6.07) is 9.72. The Hall–Kier alpha value is -0.350. The summed E-state index contributed by atoms with van der Waals surface area (Å²) in [4.78, 5) is 1.26. The molecule has 0 aliphatic carbocycles. The maximum absolute atomic E-state index is 6.16. The number of thiophene rings is 1. The zero-order valence-electron chi connectivity index (χ0n) is 8.49. The predicted molar refractivity (Wildman–Crippen MR) is 74.1 cm³/mol. The smallest absolute Gasteiger partial charge is 0.0453 e. The quantitative estimate of drug-likeness (QED) is 0.892. The Morgan fingerprint density at radius 1 is 1.31 bits per heavy atom. The average molecular weight is 317 g/mol. The largest absolute Gasteiger partial charge is 0.324 e. The fourth-order valence-corrected chi connectivity index (χ4v) is 3.41. The van der Waals surface area contributed by atoms with Gasteiger partial charge in [0.15, 0.2) is 0 Å². The van der Waals surface area contributed by atoms with Crippen LogP contribution >= 0.6 is 38.9 Å². The van der Waals surface area contributed by atoms with Crippen molar-refractivity contribution < 1.29 is 0 Å². The molecular formula is C12H11BrClNS. The molecule has 0 amide bonds. The van der Waals surface area contributed by atoms with Crippen molar-refractivity contribution in [2.75, 3.05) is 0 Å². The Morgan fingerprint density at radius 3 is 2.69 bits per heavy atom. The van der Waals surface area contributed by atoms with Gasteiger partial charge in [0, 0.05) is 26.8 Å². The van der Waals surface area contributed by atoms with E-state index in [9.17, 15) is 0 Å². The molecule has 0 fully saturated rings. The summed E-state index contributed by atoms with van der Waals surface area (Å²) < 4.78 is 1.13. The third-order valence-corrected chi connectivity index (χ3v) is 4.69. The summed E-state index contributed by atoms with van der Waals surface area (Å²) in [6.45, 7) is 0. The van der Waals surface area contributed by atoms with Crippen molar-refractivity contribution in [1.82, 2.24) is 0 Å². The SMILES string of the molecule is NC(Cc1sccc1Br)c1ccccc1Cl. The van der Waals surface area contributed by atoms with E-state index in [1.807, 2.05) is 30.3 Å². The second kappa shape index (κ2) is 5.32. The minimum atomic E-state index is -0.0522. The van der Waals surface area contributed by atoms with E-state index < -0.39 is 0 Å². The summed E-state index contributed by atoms with van der Waals surface area (Å²) in [5.74, 6) is 0. The normalized spacial score (nSPS) is 12.7. The van der Waals surface area contributed by atoms with Gasteiger partial charge in [0.1, 0.15) is 0 Å². The third-order valence-electron chi connectivity index (χ3n) is 2.40. The lowest BCUT2D eigenvalue weighted by Crippen LogP contribution is -2.13. The molecule has 0 radical (unpaired) electrons. The number of hydrogen-bond donors (Lipinski definition) is 1. The predicted octanol–water partition coefficient (Wildman–Crippen LogP) is 4.41. The van der Waals surface area contributed by atoms with Crippen LogP contribution in [-0.2, 0) is 6.42 Å². The van der Waals surface area contributed by atoms with Crippen LogP contribution < -0.4 is 5.73 Å². The van der Waals surface area contributed by atoms with Gasteiger partial charge in [-0.05, 0) is 39.0 Å². The molecule has 0 aliphatic heterocycles. The molecule has 1 atom stereocenters. The van der Waals surface area contributed by atoms with Crippen LogP contribution in [0.25, 0.3) is 0 Å². The highest BCUT2D eigenvalue weighted by atomic mass is 79.9. The third kappa shape index (κ3) is 2.66. The van der Waals surface area contributed by atoms with E-state index in [4.69, 9.17) is 17.3 Å². The summed E-state index contributed by atoms with van der Waals surface area (Å²) in [7, 11) is 0. The fourth-order valence-electron chi connectivity index (χ4n) is 1.56. The lowest BCUT2D eigenvalue weighted by atomic mass is 10.0. The highest BCUT2D eigenvalue weighted by Gasteiger charge is 2.12.